The number of anilines is 2. The Morgan fingerprint density at radius 1 is 1.20 bits per heavy atom. The van der Waals surface area contributed by atoms with Crippen molar-refractivity contribution in [2.24, 2.45) is 0 Å². The van der Waals surface area contributed by atoms with E-state index in [1.807, 2.05) is 12.1 Å². The molecule has 1 atom stereocenters. The van der Waals surface area contributed by atoms with Crippen LogP contribution in [0.4, 0.5) is 11.5 Å². The summed E-state index contributed by atoms with van der Waals surface area (Å²) in [5.74, 6) is 0.922. The first-order valence-corrected chi connectivity index (χ1v) is 10.3. The zero-order valence-electron chi connectivity index (χ0n) is 14.8. The summed E-state index contributed by atoms with van der Waals surface area (Å²) in [5.41, 5.74) is 1.20. The third-order valence-electron chi connectivity index (χ3n) is 4.78. The van der Waals surface area contributed by atoms with Crippen LogP contribution >= 0.6 is 0 Å². The molecule has 0 radical (unpaired) electrons. The van der Waals surface area contributed by atoms with E-state index < -0.39 is 10.0 Å². The number of rotatable bonds is 5. The summed E-state index contributed by atoms with van der Waals surface area (Å²) in [6.45, 7) is 5.00. The second-order valence-corrected chi connectivity index (χ2v) is 8.18. The Morgan fingerprint density at radius 3 is 2.68 bits per heavy atom. The third-order valence-corrected chi connectivity index (χ3v) is 6.32. The van der Waals surface area contributed by atoms with Crippen molar-refractivity contribution in [3.63, 3.8) is 0 Å². The molecule has 6 heteroatoms. The molecule has 2 heterocycles. The molecule has 1 saturated heterocycles. The molecule has 0 spiro atoms. The van der Waals surface area contributed by atoms with Gasteiger partial charge in [0.25, 0.3) is 10.0 Å². The fraction of sp³-hybridized carbons (Fsp3) is 0.421. The summed E-state index contributed by atoms with van der Waals surface area (Å²) in [6.07, 6.45) is 6.35. The lowest BCUT2D eigenvalue weighted by Crippen LogP contribution is -2.39. The minimum atomic E-state index is -3.60. The van der Waals surface area contributed by atoms with E-state index in [4.69, 9.17) is 0 Å². The van der Waals surface area contributed by atoms with E-state index in [1.165, 1.54) is 19.3 Å². The Kier molecular flexibility index (Phi) is 5.27. The van der Waals surface area contributed by atoms with Gasteiger partial charge in [0.1, 0.15) is 5.82 Å². The van der Waals surface area contributed by atoms with Crippen molar-refractivity contribution >= 4 is 21.5 Å². The first kappa shape index (κ1) is 17.7. The van der Waals surface area contributed by atoms with E-state index in [1.54, 1.807) is 37.4 Å². The minimum Gasteiger partial charge on any atom is -0.354 e. The molecule has 1 fully saturated rings. The summed E-state index contributed by atoms with van der Waals surface area (Å²) in [5, 5.41) is 0. The molecule has 3 rings (SSSR count). The van der Waals surface area contributed by atoms with E-state index in [9.17, 15) is 8.42 Å². The van der Waals surface area contributed by atoms with E-state index in [0.717, 1.165) is 24.3 Å². The Labute approximate surface area is 150 Å². The molecule has 5 nitrogen and oxygen atoms in total. The van der Waals surface area contributed by atoms with Gasteiger partial charge in [0.05, 0.1) is 16.8 Å². The standard InChI is InChI=1S/C19H25N3O2S/c1-3-17-9-6-7-13-22(17)19-12-11-16(14-20-19)21-25(23,24)18-10-5-4-8-15(18)2/h4-5,8,10-12,14,17,21H,3,6-7,9,13H2,1-2H3. The van der Waals surface area contributed by atoms with Gasteiger partial charge < -0.3 is 4.90 Å². The van der Waals surface area contributed by atoms with Gasteiger partial charge in [-0.2, -0.15) is 0 Å². The molecular formula is C19H25N3O2S. The quantitative estimate of drug-likeness (QED) is 0.878. The number of hydrogen-bond donors (Lipinski definition) is 1. The highest BCUT2D eigenvalue weighted by molar-refractivity contribution is 7.92. The second-order valence-electron chi connectivity index (χ2n) is 6.53. The van der Waals surface area contributed by atoms with Gasteiger partial charge in [-0.3, -0.25) is 4.72 Å². The van der Waals surface area contributed by atoms with Gasteiger partial charge in [-0.15, -0.1) is 0 Å². The van der Waals surface area contributed by atoms with Crippen LogP contribution in [0.1, 0.15) is 38.2 Å². The highest BCUT2D eigenvalue weighted by Gasteiger charge is 2.22. The number of aryl methyl sites for hydroxylation is 1. The molecule has 0 aliphatic carbocycles. The van der Waals surface area contributed by atoms with Crippen molar-refractivity contribution < 1.29 is 8.42 Å². The average Bonchev–Trinajstić information content (AvgIpc) is 2.62. The fourth-order valence-corrected chi connectivity index (χ4v) is 4.70. The van der Waals surface area contributed by atoms with Crippen molar-refractivity contribution in [3.8, 4) is 0 Å². The molecule has 134 valence electrons. The van der Waals surface area contributed by atoms with Crippen LogP contribution in [0.15, 0.2) is 47.5 Å². The number of nitrogens with zero attached hydrogens (tertiary/aromatic N) is 2. The molecule has 0 saturated carbocycles. The zero-order chi connectivity index (χ0) is 17.9. The normalized spacial score (nSPS) is 18.2. The van der Waals surface area contributed by atoms with Crippen LogP contribution in [0.2, 0.25) is 0 Å². The number of hydrogen-bond acceptors (Lipinski definition) is 4. The monoisotopic (exact) mass is 359 g/mol. The van der Waals surface area contributed by atoms with Crippen molar-refractivity contribution in [2.75, 3.05) is 16.2 Å². The van der Waals surface area contributed by atoms with E-state index in [0.29, 0.717) is 16.6 Å². The van der Waals surface area contributed by atoms with Gasteiger partial charge in [-0.1, -0.05) is 25.1 Å². The van der Waals surface area contributed by atoms with Crippen molar-refractivity contribution in [3.05, 3.63) is 48.2 Å². The highest BCUT2D eigenvalue weighted by atomic mass is 32.2. The third kappa shape index (κ3) is 3.95. The molecule has 25 heavy (non-hydrogen) atoms. The molecule has 0 bridgehead atoms. The lowest BCUT2D eigenvalue weighted by Gasteiger charge is -2.36. The maximum atomic E-state index is 12.6. The largest absolute Gasteiger partial charge is 0.354 e. The van der Waals surface area contributed by atoms with Crippen LogP contribution < -0.4 is 9.62 Å². The molecule has 1 aromatic carbocycles. The van der Waals surface area contributed by atoms with E-state index in [-0.39, 0.29) is 0 Å². The molecule has 0 amide bonds. The predicted octanol–water partition coefficient (Wildman–Crippen LogP) is 3.96. The highest BCUT2D eigenvalue weighted by Crippen LogP contribution is 2.26. The molecule has 1 unspecified atom stereocenters. The van der Waals surface area contributed by atoms with Crippen LogP contribution in [0.5, 0.6) is 0 Å². The van der Waals surface area contributed by atoms with E-state index >= 15 is 0 Å². The van der Waals surface area contributed by atoms with Crippen LogP contribution in [0.25, 0.3) is 0 Å². The molecule has 2 aromatic rings. The minimum absolute atomic E-state index is 0.293. The van der Waals surface area contributed by atoms with Crippen molar-refractivity contribution in [1.29, 1.82) is 0 Å². The summed E-state index contributed by atoms with van der Waals surface area (Å²) >= 11 is 0. The first-order valence-electron chi connectivity index (χ1n) is 8.82. The molecule has 1 aliphatic heterocycles. The van der Waals surface area contributed by atoms with Gasteiger partial charge in [-0.25, -0.2) is 13.4 Å². The Morgan fingerprint density at radius 2 is 2.00 bits per heavy atom. The summed E-state index contributed by atoms with van der Waals surface area (Å²) in [7, 11) is -3.60. The average molecular weight is 359 g/mol. The second kappa shape index (κ2) is 7.44. The Bertz CT molecular complexity index is 819. The maximum Gasteiger partial charge on any atom is 0.262 e. The molecule has 1 aromatic heterocycles. The molecule has 1 N–H and O–H groups in total. The van der Waals surface area contributed by atoms with E-state index in [2.05, 4.69) is 21.5 Å². The number of pyridine rings is 1. The van der Waals surface area contributed by atoms with Crippen molar-refractivity contribution in [2.45, 2.75) is 50.5 Å². The number of sulfonamides is 1. The number of aromatic nitrogens is 1. The van der Waals surface area contributed by atoms with Gasteiger partial charge >= 0.3 is 0 Å². The Balaban J connectivity index is 1.78. The predicted molar refractivity (Wildman–Crippen MR) is 102 cm³/mol. The van der Waals surface area contributed by atoms with Crippen LogP contribution in [0.3, 0.4) is 0 Å². The van der Waals surface area contributed by atoms with Crippen LogP contribution in [-0.4, -0.2) is 26.0 Å². The van der Waals surface area contributed by atoms with Gasteiger partial charge in [0.15, 0.2) is 0 Å². The Hall–Kier alpha value is -2.08. The first-order chi connectivity index (χ1) is 12.0. The lowest BCUT2D eigenvalue weighted by molar-refractivity contribution is 0.447. The zero-order valence-corrected chi connectivity index (χ0v) is 15.6. The number of benzene rings is 1. The molecule has 1 aliphatic rings. The lowest BCUT2D eigenvalue weighted by atomic mass is 10.00. The topological polar surface area (TPSA) is 62.3 Å². The van der Waals surface area contributed by atoms with Gasteiger partial charge in [-0.05, 0) is 56.4 Å². The number of piperidine rings is 1. The van der Waals surface area contributed by atoms with Crippen LogP contribution in [-0.2, 0) is 10.0 Å². The molecular weight excluding hydrogens is 334 g/mol. The van der Waals surface area contributed by atoms with Crippen molar-refractivity contribution in [1.82, 2.24) is 4.98 Å². The van der Waals surface area contributed by atoms with Gasteiger partial charge in [0, 0.05) is 12.6 Å². The summed E-state index contributed by atoms with van der Waals surface area (Å²) in [4.78, 5) is 7.13. The summed E-state index contributed by atoms with van der Waals surface area (Å²) < 4.78 is 27.7. The fourth-order valence-electron chi connectivity index (χ4n) is 3.41. The van der Waals surface area contributed by atoms with Gasteiger partial charge in [0.2, 0.25) is 0 Å². The van der Waals surface area contributed by atoms with Crippen LogP contribution in [0, 0.1) is 6.92 Å². The smallest absolute Gasteiger partial charge is 0.262 e. The maximum absolute atomic E-state index is 12.6. The number of nitrogens with one attached hydrogen (secondary N) is 1. The SMILES string of the molecule is CCC1CCCCN1c1ccc(NS(=O)(=O)c2ccccc2C)cn1. The summed E-state index contributed by atoms with van der Waals surface area (Å²) in [6, 6.07) is 11.2.